The quantitative estimate of drug-likeness (QED) is 0.383. The van der Waals surface area contributed by atoms with Crippen molar-refractivity contribution < 1.29 is 19.7 Å². The molecule has 0 fully saturated rings. The van der Waals surface area contributed by atoms with E-state index in [2.05, 4.69) is 12.6 Å². The molecule has 0 rings (SSSR count). The maximum atomic E-state index is 8.26. The number of hydrogen-bond donors (Lipinski definition) is 3. The first-order valence-electron chi connectivity index (χ1n) is 3.73. The average molecular weight is 198 g/mol. The summed E-state index contributed by atoms with van der Waals surface area (Å²) in [4.78, 5) is 0. The summed E-state index contributed by atoms with van der Waals surface area (Å²) >= 11 is 3.53. The molecule has 0 saturated carbocycles. The van der Waals surface area contributed by atoms with Gasteiger partial charge in [0.15, 0.2) is 0 Å². The molecule has 0 heterocycles. The lowest BCUT2D eigenvalue weighted by Crippen LogP contribution is -2.09. The largest absolute Gasteiger partial charge is 0.394 e. The van der Waals surface area contributed by atoms with Gasteiger partial charge < -0.3 is 19.7 Å². The third kappa shape index (κ3) is 16.6. The molecule has 5 heteroatoms. The van der Waals surface area contributed by atoms with Gasteiger partial charge in [-0.25, -0.2) is 0 Å². The van der Waals surface area contributed by atoms with Crippen LogP contribution in [0.15, 0.2) is 0 Å². The van der Waals surface area contributed by atoms with Gasteiger partial charge in [-0.15, -0.1) is 0 Å². The van der Waals surface area contributed by atoms with E-state index in [0.717, 1.165) is 0 Å². The molecule has 0 aromatic rings. The second-order valence-electron chi connectivity index (χ2n) is 1.67. The molecule has 0 aromatic heterocycles. The molecule has 0 saturated heterocycles. The van der Waals surface area contributed by atoms with E-state index in [1.807, 2.05) is 0 Å². The molecule has 0 amide bonds. The first kappa shape index (κ1) is 14.7. The smallest absolute Gasteiger partial charge is 0.0701 e. The molecule has 0 radical (unpaired) electrons. The summed E-state index contributed by atoms with van der Waals surface area (Å²) in [7, 11) is 0. The van der Waals surface area contributed by atoms with Crippen molar-refractivity contribution in [2.45, 2.75) is 0 Å². The Balaban J connectivity index is 0. The lowest BCUT2D eigenvalue weighted by Gasteiger charge is -2.01. The van der Waals surface area contributed by atoms with Gasteiger partial charge in [-0.1, -0.05) is 0 Å². The van der Waals surface area contributed by atoms with Crippen LogP contribution in [0.5, 0.6) is 0 Å². The molecule has 0 aliphatic carbocycles. The molecule has 0 aromatic carbocycles. The van der Waals surface area contributed by atoms with E-state index in [9.17, 15) is 0 Å². The summed E-state index contributed by atoms with van der Waals surface area (Å²) < 4.78 is 9.75. The van der Waals surface area contributed by atoms with Crippen LogP contribution in [0.4, 0.5) is 0 Å². The fourth-order valence-electron chi connectivity index (χ4n) is 0.451. The zero-order valence-corrected chi connectivity index (χ0v) is 8.30. The van der Waals surface area contributed by atoms with Crippen molar-refractivity contribution in [1.29, 1.82) is 0 Å². The summed E-state index contributed by atoms with van der Waals surface area (Å²) in [5, 5.41) is 16.5. The maximum Gasteiger partial charge on any atom is 0.0701 e. The van der Waals surface area contributed by atoms with Gasteiger partial charge >= 0.3 is 0 Å². The van der Waals surface area contributed by atoms with Gasteiger partial charge in [0.2, 0.25) is 0 Å². The number of aliphatic hydroxyl groups is 2. The van der Waals surface area contributed by atoms with Crippen molar-refractivity contribution in [2.75, 3.05) is 45.9 Å². The molecule has 0 aliphatic rings. The van der Waals surface area contributed by atoms with Crippen LogP contribution in [0.25, 0.3) is 0 Å². The molecule has 0 atom stereocenters. The SMILES string of the molecule is CS.OCCOCCOCCO. The minimum absolute atomic E-state index is 0.0417. The van der Waals surface area contributed by atoms with Crippen molar-refractivity contribution >= 4 is 12.6 Å². The van der Waals surface area contributed by atoms with Gasteiger partial charge in [0.25, 0.3) is 0 Å². The number of rotatable bonds is 7. The number of hydrogen-bond acceptors (Lipinski definition) is 5. The molecule has 0 aliphatic heterocycles. The maximum absolute atomic E-state index is 8.26. The fraction of sp³-hybridized carbons (Fsp3) is 1.00. The van der Waals surface area contributed by atoms with Crippen LogP contribution >= 0.6 is 12.6 Å². The standard InChI is InChI=1S/C6H14O4.CH4S/c7-1-3-9-5-6-10-4-2-8;1-2/h7-8H,1-6H2;2H,1H3. The van der Waals surface area contributed by atoms with Crippen LogP contribution in [0.2, 0.25) is 0 Å². The molecule has 0 spiro atoms. The first-order chi connectivity index (χ1) is 5.91. The highest BCUT2D eigenvalue weighted by molar-refractivity contribution is 7.79. The third-order valence-electron chi connectivity index (χ3n) is 0.843. The molecule has 4 nitrogen and oxygen atoms in total. The van der Waals surface area contributed by atoms with Gasteiger partial charge in [0.05, 0.1) is 39.6 Å². The molecule has 0 unspecified atom stereocenters. The Kier molecular flexibility index (Phi) is 21.2. The minimum atomic E-state index is 0.0417. The summed E-state index contributed by atoms with van der Waals surface area (Å²) in [5.41, 5.74) is 0. The number of aliphatic hydroxyl groups excluding tert-OH is 2. The van der Waals surface area contributed by atoms with Crippen molar-refractivity contribution in [2.24, 2.45) is 0 Å². The fourth-order valence-corrected chi connectivity index (χ4v) is 0.451. The lowest BCUT2D eigenvalue weighted by molar-refractivity contribution is 0.0222. The Hall–Kier alpha value is 0.190. The van der Waals surface area contributed by atoms with E-state index in [0.29, 0.717) is 26.4 Å². The van der Waals surface area contributed by atoms with Crippen LogP contribution in [-0.2, 0) is 9.47 Å². The monoisotopic (exact) mass is 198 g/mol. The van der Waals surface area contributed by atoms with E-state index < -0.39 is 0 Å². The lowest BCUT2D eigenvalue weighted by atomic mass is 10.7. The normalized spacial score (nSPS) is 9.00. The zero-order chi connectivity index (χ0) is 9.66. The van der Waals surface area contributed by atoms with Crippen LogP contribution in [0, 0.1) is 0 Å². The summed E-state index contributed by atoms with van der Waals surface area (Å²) in [6, 6.07) is 0. The van der Waals surface area contributed by atoms with Crippen LogP contribution in [-0.4, -0.2) is 56.1 Å². The Morgan fingerprint density at radius 3 is 1.42 bits per heavy atom. The minimum Gasteiger partial charge on any atom is -0.394 e. The summed E-state index contributed by atoms with van der Waals surface area (Å²) in [5.74, 6) is 0. The second kappa shape index (κ2) is 17.3. The number of ether oxygens (including phenoxy) is 2. The summed E-state index contributed by atoms with van der Waals surface area (Å²) in [6.45, 7) is 1.73. The first-order valence-corrected chi connectivity index (χ1v) is 4.63. The summed E-state index contributed by atoms with van der Waals surface area (Å²) in [6.07, 6.45) is 1.69. The highest BCUT2D eigenvalue weighted by Crippen LogP contribution is 1.76. The van der Waals surface area contributed by atoms with Crippen molar-refractivity contribution in [1.82, 2.24) is 0 Å². The predicted octanol–water partition coefficient (Wildman–Crippen LogP) is -0.450. The van der Waals surface area contributed by atoms with Crippen LogP contribution < -0.4 is 0 Å². The van der Waals surface area contributed by atoms with Crippen molar-refractivity contribution in [3.63, 3.8) is 0 Å². The van der Waals surface area contributed by atoms with E-state index in [1.54, 1.807) is 6.26 Å². The Morgan fingerprint density at radius 2 is 1.17 bits per heavy atom. The topological polar surface area (TPSA) is 58.9 Å². The Labute approximate surface area is 78.9 Å². The molecular weight excluding hydrogens is 180 g/mol. The van der Waals surface area contributed by atoms with Crippen LogP contribution in [0.1, 0.15) is 0 Å². The van der Waals surface area contributed by atoms with E-state index in [-0.39, 0.29) is 13.2 Å². The van der Waals surface area contributed by atoms with Gasteiger partial charge in [-0.3, -0.25) is 0 Å². The van der Waals surface area contributed by atoms with E-state index in [4.69, 9.17) is 19.7 Å². The highest BCUT2D eigenvalue weighted by atomic mass is 32.1. The van der Waals surface area contributed by atoms with Crippen LogP contribution in [0.3, 0.4) is 0 Å². The molecular formula is C7H18O4S. The van der Waals surface area contributed by atoms with Crippen molar-refractivity contribution in [3.8, 4) is 0 Å². The average Bonchev–Trinajstić information content (AvgIpc) is 2.15. The van der Waals surface area contributed by atoms with Crippen molar-refractivity contribution in [3.05, 3.63) is 0 Å². The Morgan fingerprint density at radius 1 is 0.833 bits per heavy atom. The van der Waals surface area contributed by atoms with Gasteiger partial charge in [-0.2, -0.15) is 12.6 Å². The molecule has 76 valence electrons. The Bertz CT molecular complexity index is 55.4. The van der Waals surface area contributed by atoms with Gasteiger partial charge in [0, 0.05) is 0 Å². The second-order valence-corrected chi connectivity index (χ2v) is 1.67. The van der Waals surface area contributed by atoms with Gasteiger partial charge in [-0.05, 0) is 6.26 Å². The molecule has 12 heavy (non-hydrogen) atoms. The number of thiol groups is 1. The van der Waals surface area contributed by atoms with Gasteiger partial charge in [0.1, 0.15) is 0 Å². The highest BCUT2D eigenvalue weighted by Gasteiger charge is 1.86. The third-order valence-corrected chi connectivity index (χ3v) is 0.843. The molecule has 2 N–H and O–H groups in total. The predicted molar refractivity (Wildman–Crippen MR) is 50.7 cm³/mol. The van der Waals surface area contributed by atoms with E-state index >= 15 is 0 Å². The zero-order valence-electron chi connectivity index (χ0n) is 7.40. The van der Waals surface area contributed by atoms with E-state index in [1.165, 1.54) is 0 Å². The molecule has 0 bridgehead atoms.